The minimum atomic E-state index is -0.236. The Balaban J connectivity index is 0.000000249. The zero-order valence-corrected chi connectivity index (χ0v) is 11.4. The molecule has 1 heterocycles. The molecule has 0 saturated heterocycles. The van der Waals surface area contributed by atoms with Gasteiger partial charge in [0.05, 0.1) is 15.8 Å². The van der Waals surface area contributed by atoms with E-state index in [1.165, 1.54) is 6.26 Å². The largest absolute Gasteiger partial charge is 0.430 e. The summed E-state index contributed by atoms with van der Waals surface area (Å²) in [6, 6.07) is 0. The van der Waals surface area contributed by atoms with Crippen molar-refractivity contribution in [1.82, 2.24) is 0 Å². The maximum atomic E-state index is 9.94. The maximum absolute atomic E-state index is 9.94. The van der Waals surface area contributed by atoms with Gasteiger partial charge in [-0.25, -0.2) is 4.79 Å². The summed E-state index contributed by atoms with van der Waals surface area (Å²) in [5.74, 6) is -0.199. The number of hydrogen-bond donors (Lipinski definition) is 0. The fourth-order valence-electron chi connectivity index (χ4n) is 0.597. The predicted octanol–water partition coefficient (Wildman–Crippen LogP) is 0.155. The van der Waals surface area contributed by atoms with Crippen LogP contribution in [0.1, 0.15) is 20.3 Å². The van der Waals surface area contributed by atoms with E-state index in [2.05, 4.69) is 11.7 Å². The third-order valence-electron chi connectivity index (χ3n) is 2.17. The molecule has 0 aromatic carbocycles. The van der Waals surface area contributed by atoms with E-state index in [1.807, 2.05) is 0 Å². The molecule has 0 fully saturated rings. The zero-order chi connectivity index (χ0) is 11.2. The molecule has 5 heteroatoms. The lowest BCUT2D eigenvalue weighted by Gasteiger charge is -2.24. The third kappa shape index (κ3) is 4.04. The number of carbonyl (C=O) groups excluding carboxylic acids is 1. The van der Waals surface area contributed by atoms with Gasteiger partial charge in [0.2, 0.25) is 0 Å². The van der Waals surface area contributed by atoms with E-state index in [-0.39, 0.29) is 11.4 Å². The first-order valence-electron chi connectivity index (χ1n) is 4.47. The van der Waals surface area contributed by atoms with Crippen molar-refractivity contribution in [3.8, 4) is 0 Å². The van der Waals surface area contributed by atoms with E-state index < -0.39 is 0 Å². The normalized spacial score (nSPS) is 14.9. The van der Waals surface area contributed by atoms with Gasteiger partial charge in [-0.1, -0.05) is 6.92 Å². The first-order chi connectivity index (χ1) is 6.49. The van der Waals surface area contributed by atoms with Crippen LogP contribution in [0.3, 0.4) is 0 Å². The van der Waals surface area contributed by atoms with Gasteiger partial charge in [-0.2, -0.15) is 0 Å². The van der Waals surface area contributed by atoms with E-state index in [0.717, 1.165) is 16.7 Å². The molecule has 1 aliphatic rings. The summed E-state index contributed by atoms with van der Waals surface area (Å²) < 4.78 is 14.4. The summed E-state index contributed by atoms with van der Waals surface area (Å²) >= 11 is 0. The zero-order valence-electron chi connectivity index (χ0n) is 9.42. The lowest BCUT2D eigenvalue weighted by atomic mass is 10.3. The smallest absolute Gasteiger partial charge is 0.341 e. The molecule has 0 aromatic rings. The van der Waals surface area contributed by atoms with Gasteiger partial charge in [-0.05, 0) is 13.3 Å². The summed E-state index contributed by atoms with van der Waals surface area (Å²) in [4.78, 5) is 9.94. The Hall–Kier alpha value is -0.653. The second-order valence-corrected chi connectivity index (χ2v) is 4.63. The lowest BCUT2D eigenvalue weighted by Crippen LogP contribution is -2.32. The molecule has 0 bridgehead atoms. The highest BCUT2D eigenvalue weighted by Gasteiger charge is 2.17. The van der Waals surface area contributed by atoms with E-state index in [0.29, 0.717) is 5.57 Å². The summed E-state index contributed by atoms with van der Waals surface area (Å²) in [5.41, 5.74) is 0.468. The van der Waals surface area contributed by atoms with Gasteiger partial charge in [0.25, 0.3) is 0 Å². The number of esters is 1. The predicted molar refractivity (Wildman–Crippen MR) is 56.8 cm³/mol. The first-order valence-corrected chi connectivity index (χ1v) is 5.47. The molecule has 0 saturated carbocycles. The van der Waals surface area contributed by atoms with Gasteiger partial charge in [-0.3, -0.25) is 0 Å². The Morgan fingerprint density at radius 3 is 1.93 bits per heavy atom. The van der Waals surface area contributed by atoms with Crippen molar-refractivity contribution in [3.05, 3.63) is 11.8 Å². The van der Waals surface area contributed by atoms with Crippen LogP contribution in [0.5, 0.6) is 0 Å². The second-order valence-electron chi connectivity index (χ2n) is 3.10. The molecular formula is C9H18O4Si. The summed E-state index contributed by atoms with van der Waals surface area (Å²) in [7, 11) is 4.29. The maximum Gasteiger partial charge on any atom is 0.341 e. The molecule has 1 rings (SSSR count). The van der Waals surface area contributed by atoms with Crippen LogP contribution in [0.15, 0.2) is 11.8 Å². The van der Waals surface area contributed by atoms with Gasteiger partial charge in [0.15, 0.2) is 0 Å². The van der Waals surface area contributed by atoms with Gasteiger partial charge in [0.1, 0.15) is 11.7 Å². The highest BCUT2D eigenvalue weighted by Crippen LogP contribution is 2.08. The molecule has 82 valence electrons. The molecule has 0 atom stereocenters. The van der Waals surface area contributed by atoms with Crippen LogP contribution < -0.4 is 0 Å². The van der Waals surface area contributed by atoms with Gasteiger partial charge >= 0.3 is 5.97 Å². The van der Waals surface area contributed by atoms with Crippen molar-refractivity contribution in [2.24, 2.45) is 0 Å². The van der Waals surface area contributed by atoms with E-state index >= 15 is 0 Å². The third-order valence-corrected chi connectivity index (χ3v) is 3.69. The number of ether oxygens (including phenoxy) is 3. The van der Waals surface area contributed by atoms with Gasteiger partial charge in [-0.15, -0.1) is 0 Å². The van der Waals surface area contributed by atoms with Gasteiger partial charge in [0, 0.05) is 14.2 Å². The number of hydrogen-bond acceptors (Lipinski definition) is 4. The average Bonchev–Trinajstić information content (AvgIpc) is 2.26. The van der Waals surface area contributed by atoms with Crippen LogP contribution in [0.2, 0.25) is 0 Å². The van der Waals surface area contributed by atoms with E-state index in [1.54, 1.807) is 21.1 Å². The fraction of sp³-hybridized carbons (Fsp3) is 0.667. The Kier molecular flexibility index (Phi) is 5.67. The number of rotatable bonds is 3. The van der Waals surface area contributed by atoms with Crippen LogP contribution in [0.4, 0.5) is 0 Å². The summed E-state index contributed by atoms with van der Waals surface area (Å²) in [5, 5.41) is 0. The molecule has 4 nitrogen and oxygen atoms in total. The van der Waals surface area contributed by atoms with Crippen LogP contribution in [-0.4, -0.2) is 35.8 Å². The fourth-order valence-corrected chi connectivity index (χ4v) is 0.597. The minimum absolute atomic E-state index is 0.199. The Morgan fingerprint density at radius 1 is 1.50 bits per heavy atom. The Morgan fingerprint density at radius 2 is 1.93 bits per heavy atom. The topological polar surface area (TPSA) is 44.8 Å². The van der Waals surface area contributed by atoms with Crippen molar-refractivity contribution >= 4 is 16.2 Å². The second kappa shape index (κ2) is 5.95. The standard InChI is InChI=1S/C5H14O2Si.C4H4O2/c1-4-5(8,6-2)7-3;1-3-2-6-4(3)5/h4H2,1-3,8H3;2H,1H3. The van der Waals surface area contributed by atoms with Crippen LogP contribution in [-0.2, 0) is 19.0 Å². The quantitative estimate of drug-likeness (QED) is 0.384. The molecule has 0 N–H and O–H groups in total. The molecule has 0 radical (unpaired) electrons. The van der Waals surface area contributed by atoms with Gasteiger partial charge < -0.3 is 14.2 Å². The summed E-state index contributed by atoms with van der Waals surface area (Å²) in [6.45, 7) is 3.77. The molecule has 14 heavy (non-hydrogen) atoms. The van der Waals surface area contributed by atoms with Crippen LogP contribution in [0.25, 0.3) is 0 Å². The van der Waals surface area contributed by atoms with Crippen molar-refractivity contribution in [1.29, 1.82) is 0 Å². The molecule has 0 aliphatic carbocycles. The number of methoxy groups -OCH3 is 2. The number of carbonyl (C=O) groups is 1. The lowest BCUT2D eigenvalue weighted by molar-refractivity contribution is -0.143. The SMILES string of the molecule is CC1=COC1=O.CCC([SiH3])(OC)OC. The molecule has 0 unspecified atom stereocenters. The molecular weight excluding hydrogens is 200 g/mol. The average molecular weight is 218 g/mol. The van der Waals surface area contributed by atoms with Crippen molar-refractivity contribution in [2.45, 2.75) is 25.7 Å². The monoisotopic (exact) mass is 218 g/mol. The highest BCUT2D eigenvalue weighted by molar-refractivity contribution is 6.13. The van der Waals surface area contributed by atoms with E-state index in [4.69, 9.17) is 9.47 Å². The Bertz CT molecular complexity index is 213. The minimum Gasteiger partial charge on any atom is -0.430 e. The summed E-state index contributed by atoms with van der Waals surface area (Å²) in [6.07, 6.45) is 2.37. The van der Waals surface area contributed by atoms with Crippen LogP contribution >= 0.6 is 0 Å². The van der Waals surface area contributed by atoms with Crippen molar-refractivity contribution < 1.29 is 19.0 Å². The Labute approximate surface area is 87.6 Å². The molecule has 0 spiro atoms. The molecule has 0 aromatic heterocycles. The molecule has 0 amide bonds. The van der Waals surface area contributed by atoms with Crippen molar-refractivity contribution in [2.75, 3.05) is 14.2 Å². The van der Waals surface area contributed by atoms with Crippen molar-refractivity contribution in [3.63, 3.8) is 0 Å². The highest BCUT2D eigenvalue weighted by atomic mass is 28.1. The number of cyclic esters (lactones) is 1. The van der Waals surface area contributed by atoms with E-state index in [9.17, 15) is 4.79 Å². The molecule has 1 aliphatic heterocycles. The van der Waals surface area contributed by atoms with Crippen LogP contribution in [0, 0.1) is 0 Å². The first kappa shape index (κ1) is 13.3.